The molecule has 0 aliphatic carbocycles. The monoisotopic (exact) mass is 275 g/mol. The Morgan fingerprint density at radius 2 is 1.63 bits per heavy atom. The van der Waals surface area contributed by atoms with E-state index in [0.717, 1.165) is 5.56 Å². The third kappa shape index (κ3) is 3.63. The topological polar surface area (TPSA) is 67.2 Å². The lowest BCUT2D eigenvalue weighted by atomic mass is 10.2. The summed E-state index contributed by atoms with van der Waals surface area (Å²) in [4.78, 5) is 11.8. The molecule has 0 fully saturated rings. The third-order valence-electron chi connectivity index (χ3n) is 2.60. The Morgan fingerprint density at radius 3 is 2.26 bits per heavy atom. The predicted octanol–water partition coefficient (Wildman–Crippen LogP) is 3.87. The molecule has 0 aromatic heterocycles. The molecule has 0 radical (unpaired) electrons. The van der Waals surface area contributed by atoms with Crippen LogP contribution in [0.5, 0.6) is 0 Å². The first-order chi connectivity index (χ1) is 9.04. The van der Waals surface area contributed by atoms with E-state index in [9.17, 15) is 4.79 Å². The van der Waals surface area contributed by atoms with Gasteiger partial charge in [-0.3, -0.25) is 0 Å². The van der Waals surface area contributed by atoms with Gasteiger partial charge in [-0.15, -0.1) is 0 Å². The number of urea groups is 1. The molecule has 2 amide bonds. The molecule has 0 unspecified atom stereocenters. The molecule has 98 valence electrons. The summed E-state index contributed by atoms with van der Waals surface area (Å²) >= 11 is 5.99. The molecular weight excluding hydrogens is 262 g/mol. The van der Waals surface area contributed by atoms with E-state index in [1.165, 1.54) is 0 Å². The molecule has 0 heterocycles. The van der Waals surface area contributed by atoms with Crippen LogP contribution in [0.25, 0.3) is 0 Å². The molecule has 2 rings (SSSR count). The van der Waals surface area contributed by atoms with Crippen LogP contribution >= 0.6 is 11.6 Å². The van der Waals surface area contributed by atoms with E-state index in [2.05, 4.69) is 10.6 Å². The van der Waals surface area contributed by atoms with Crippen molar-refractivity contribution in [2.45, 2.75) is 6.92 Å². The maximum atomic E-state index is 11.8. The first kappa shape index (κ1) is 13.2. The van der Waals surface area contributed by atoms with E-state index in [0.29, 0.717) is 22.1 Å². The van der Waals surface area contributed by atoms with Crippen molar-refractivity contribution < 1.29 is 4.79 Å². The Morgan fingerprint density at radius 1 is 1.05 bits per heavy atom. The zero-order valence-electron chi connectivity index (χ0n) is 10.4. The first-order valence-corrected chi connectivity index (χ1v) is 6.12. The van der Waals surface area contributed by atoms with E-state index >= 15 is 0 Å². The number of nitrogens with one attached hydrogen (secondary N) is 2. The molecule has 0 saturated heterocycles. The van der Waals surface area contributed by atoms with Crippen LogP contribution < -0.4 is 16.4 Å². The maximum Gasteiger partial charge on any atom is 0.323 e. The van der Waals surface area contributed by atoms with Crippen LogP contribution in [-0.2, 0) is 0 Å². The molecule has 4 nitrogen and oxygen atoms in total. The van der Waals surface area contributed by atoms with Crippen molar-refractivity contribution in [2.24, 2.45) is 0 Å². The largest absolute Gasteiger partial charge is 0.399 e. The molecule has 0 saturated carbocycles. The zero-order chi connectivity index (χ0) is 13.8. The fourth-order valence-electron chi connectivity index (χ4n) is 1.53. The van der Waals surface area contributed by atoms with Gasteiger partial charge in [0.15, 0.2) is 0 Å². The summed E-state index contributed by atoms with van der Waals surface area (Å²) in [5.41, 5.74) is 8.50. The smallest absolute Gasteiger partial charge is 0.323 e. The second kappa shape index (κ2) is 5.63. The van der Waals surface area contributed by atoms with Crippen LogP contribution in [0.4, 0.5) is 21.9 Å². The molecule has 0 aliphatic rings. The average molecular weight is 276 g/mol. The fraction of sp³-hybridized carbons (Fsp3) is 0.0714. The summed E-state index contributed by atoms with van der Waals surface area (Å²) in [5.74, 6) is 0. The molecule has 4 N–H and O–H groups in total. The molecular formula is C14H14ClN3O. The van der Waals surface area contributed by atoms with Crippen LogP contribution in [0.3, 0.4) is 0 Å². The quantitative estimate of drug-likeness (QED) is 0.728. The van der Waals surface area contributed by atoms with Crippen molar-refractivity contribution in [1.29, 1.82) is 0 Å². The van der Waals surface area contributed by atoms with Gasteiger partial charge < -0.3 is 16.4 Å². The number of halogens is 1. The average Bonchev–Trinajstić information content (AvgIpc) is 2.37. The van der Waals surface area contributed by atoms with Gasteiger partial charge in [0.25, 0.3) is 0 Å². The minimum absolute atomic E-state index is 0.329. The number of rotatable bonds is 2. The fourth-order valence-corrected chi connectivity index (χ4v) is 1.71. The lowest BCUT2D eigenvalue weighted by molar-refractivity contribution is 0.262. The molecule has 5 heteroatoms. The van der Waals surface area contributed by atoms with Crippen molar-refractivity contribution >= 4 is 34.7 Å². The summed E-state index contributed by atoms with van der Waals surface area (Å²) in [6.45, 7) is 1.90. The predicted molar refractivity (Wildman–Crippen MR) is 79.7 cm³/mol. The third-order valence-corrected chi connectivity index (χ3v) is 3.01. The molecule has 2 aromatic rings. The van der Waals surface area contributed by atoms with Gasteiger partial charge in [0.2, 0.25) is 0 Å². The van der Waals surface area contributed by atoms with Gasteiger partial charge in [0.1, 0.15) is 0 Å². The van der Waals surface area contributed by atoms with Gasteiger partial charge in [-0.05, 0) is 48.9 Å². The number of nitrogen functional groups attached to an aromatic ring is 1. The van der Waals surface area contributed by atoms with Crippen LogP contribution in [0, 0.1) is 6.92 Å². The maximum absolute atomic E-state index is 11.8. The summed E-state index contributed by atoms with van der Waals surface area (Å²) in [6, 6.07) is 11.9. The Bertz CT molecular complexity index is 596. The summed E-state index contributed by atoms with van der Waals surface area (Å²) < 4.78 is 0. The number of aryl methyl sites for hydroxylation is 1. The van der Waals surface area contributed by atoms with Crippen molar-refractivity contribution in [2.75, 3.05) is 16.4 Å². The number of amides is 2. The molecule has 19 heavy (non-hydrogen) atoms. The highest BCUT2D eigenvalue weighted by atomic mass is 35.5. The molecule has 0 spiro atoms. The van der Waals surface area contributed by atoms with Crippen molar-refractivity contribution in [3.63, 3.8) is 0 Å². The van der Waals surface area contributed by atoms with Gasteiger partial charge in [-0.25, -0.2) is 4.79 Å². The van der Waals surface area contributed by atoms with Gasteiger partial charge in [0, 0.05) is 22.1 Å². The Kier molecular flexibility index (Phi) is 3.92. The lowest BCUT2D eigenvalue weighted by Gasteiger charge is -2.08. The summed E-state index contributed by atoms with van der Waals surface area (Å²) in [6.07, 6.45) is 0. The second-order valence-corrected chi connectivity index (χ2v) is 4.57. The first-order valence-electron chi connectivity index (χ1n) is 5.74. The molecule has 0 aliphatic heterocycles. The Balaban J connectivity index is 2.01. The highest BCUT2D eigenvalue weighted by Gasteiger charge is 2.04. The number of benzene rings is 2. The van der Waals surface area contributed by atoms with Crippen molar-refractivity contribution in [3.8, 4) is 0 Å². The summed E-state index contributed by atoms with van der Waals surface area (Å²) in [7, 11) is 0. The van der Waals surface area contributed by atoms with Crippen LogP contribution in [0.1, 0.15) is 5.56 Å². The standard InChI is InChI=1S/C14H14ClN3O/c1-9-2-5-12(8-13(9)15)18-14(19)17-11-6-3-10(16)4-7-11/h2-8H,16H2,1H3,(H2,17,18,19). The molecule has 2 aromatic carbocycles. The highest BCUT2D eigenvalue weighted by Crippen LogP contribution is 2.20. The number of hydrogen-bond donors (Lipinski definition) is 3. The van der Waals surface area contributed by atoms with E-state index in [-0.39, 0.29) is 6.03 Å². The van der Waals surface area contributed by atoms with Crippen LogP contribution in [0.2, 0.25) is 5.02 Å². The minimum Gasteiger partial charge on any atom is -0.399 e. The zero-order valence-corrected chi connectivity index (χ0v) is 11.2. The Hall–Kier alpha value is -2.20. The molecule has 0 atom stereocenters. The van der Waals surface area contributed by atoms with Crippen LogP contribution in [-0.4, -0.2) is 6.03 Å². The van der Waals surface area contributed by atoms with Gasteiger partial charge >= 0.3 is 6.03 Å². The number of hydrogen-bond acceptors (Lipinski definition) is 2. The van der Waals surface area contributed by atoms with Crippen molar-refractivity contribution in [3.05, 3.63) is 53.1 Å². The second-order valence-electron chi connectivity index (χ2n) is 4.17. The van der Waals surface area contributed by atoms with Crippen molar-refractivity contribution in [1.82, 2.24) is 0 Å². The van der Waals surface area contributed by atoms with E-state index in [1.807, 2.05) is 13.0 Å². The SMILES string of the molecule is Cc1ccc(NC(=O)Nc2ccc(N)cc2)cc1Cl. The highest BCUT2D eigenvalue weighted by molar-refractivity contribution is 6.31. The van der Waals surface area contributed by atoms with E-state index < -0.39 is 0 Å². The lowest BCUT2D eigenvalue weighted by Crippen LogP contribution is -2.19. The minimum atomic E-state index is -0.329. The van der Waals surface area contributed by atoms with E-state index in [4.69, 9.17) is 17.3 Å². The van der Waals surface area contributed by atoms with Crippen LogP contribution in [0.15, 0.2) is 42.5 Å². The van der Waals surface area contributed by atoms with Gasteiger partial charge in [-0.2, -0.15) is 0 Å². The Labute approximate surface area is 116 Å². The summed E-state index contributed by atoms with van der Waals surface area (Å²) in [5, 5.41) is 6.03. The van der Waals surface area contributed by atoms with Gasteiger partial charge in [0.05, 0.1) is 0 Å². The number of anilines is 3. The number of carbonyl (C=O) groups excluding carboxylic acids is 1. The van der Waals surface area contributed by atoms with E-state index in [1.54, 1.807) is 36.4 Å². The number of nitrogens with two attached hydrogens (primary N) is 1. The normalized spacial score (nSPS) is 10.0. The van der Waals surface area contributed by atoms with Gasteiger partial charge in [-0.1, -0.05) is 17.7 Å². The number of carbonyl (C=O) groups is 1. The molecule has 0 bridgehead atoms.